The summed E-state index contributed by atoms with van der Waals surface area (Å²) in [6.45, 7) is 6.92. The van der Waals surface area contributed by atoms with Gasteiger partial charge in [-0.3, -0.25) is 14.4 Å². The summed E-state index contributed by atoms with van der Waals surface area (Å²) in [7, 11) is 4.21. The van der Waals surface area contributed by atoms with E-state index in [9.17, 15) is 24.3 Å². The van der Waals surface area contributed by atoms with Crippen molar-refractivity contribution in [1.29, 1.82) is 0 Å². The first-order valence-electron chi connectivity index (χ1n) is 13.0. The predicted molar refractivity (Wildman–Crippen MR) is 147 cm³/mol. The van der Waals surface area contributed by atoms with Crippen LogP contribution in [0.1, 0.15) is 40.5 Å². The van der Waals surface area contributed by atoms with Crippen LogP contribution < -0.4 is 11.1 Å². The molecule has 6 atom stereocenters. The van der Waals surface area contributed by atoms with E-state index >= 15 is 0 Å². The SMILES string of the molecule is COC1=C2C[C@H](C)C[C@H](OC)[C@H](O)[C@H](C)C=C(C)[C@H](OC(N)=O)[C@@H](OC)C=CC=C(C)C(=O)NC(=CC1=O)C2=O. The van der Waals surface area contributed by atoms with Gasteiger partial charge in [0.2, 0.25) is 11.6 Å². The molecule has 0 saturated heterocycles. The Balaban J connectivity index is 2.60. The largest absolute Gasteiger partial charge is 0.492 e. The lowest BCUT2D eigenvalue weighted by Gasteiger charge is -2.29. The Bertz CT molecular complexity index is 1150. The maximum atomic E-state index is 13.3. The van der Waals surface area contributed by atoms with E-state index in [-0.39, 0.29) is 34.9 Å². The van der Waals surface area contributed by atoms with E-state index in [2.05, 4.69) is 5.32 Å². The lowest BCUT2D eigenvalue weighted by Crippen LogP contribution is -2.37. The molecule has 40 heavy (non-hydrogen) atoms. The molecule has 0 aromatic heterocycles. The van der Waals surface area contributed by atoms with Gasteiger partial charge in [-0.05, 0) is 38.2 Å². The van der Waals surface area contributed by atoms with Crippen molar-refractivity contribution < 1.29 is 43.2 Å². The van der Waals surface area contributed by atoms with Crippen LogP contribution in [0.15, 0.2) is 58.6 Å². The van der Waals surface area contributed by atoms with E-state index in [1.165, 1.54) is 34.3 Å². The molecule has 0 radical (unpaired) electrons. The molecule has 220 valence electrons. The molecule has 0 spiro atoms. The minimum absolute atomic E-state index is 0.0801. The van der Waals surface area contributed by atoms with Gasteiger partial charge in [-0.2, -0.15) is 0 Å². The Labute approximate surface area is 234 Å². The molecule has 0 aromatic rings. The van der Waals surface area contributed by atoms with Crippen molar-refractivity contribution in [1.82, 2.24) is 5.32 Å². The number of Topliss-reactive ketones (excluding diaryl/α,β-unsaturated/α-hetero) is 1. The van der Waals surface area contributed by atoms with Crippen LogP contribution in [-0.4, -0.2) is 74.4 Å². The number of carbonyl (C=O) groups is 4. The second-order valence-electron chi connectivity index (χ2n) is 10.1. The van der Waals surface area contributed by atoms with Crippen molar-refractivity contribution in [3.8, 4) is 0 Å². The van der Waals surface area contributed by atoms with Gasteiger partial charge in [-0.15, -0.1) is 0 Å². The van der Waals surface area contributed by atoms with E-state index in [0.717, 1.165) is 6.08 Å². The number of fused-ring (bicyclic) bond motifs is 2. The normalized spacial score (nSPS) is 29.3. The number of hydrogen-bond donors (Lipinski definition) is 3. The molecule has 1 aliphatic heterocycles. The van der Waals surface area contributed by atoms with Gasteiger partial charge in [0.1, 0.15) is 6.10 Å². The second-order valence-corrected chi connectivity index (χ2v) is 10.1. The Morgan fingerprint density at radius 1 is 1.10 bits per heavy atom. The highest BCUT2D eigenvalue weighted by Crippen LogP contribution is 2.29. The fraction of sp³-hybridized carbons (Fsp3) is 0.517. The lowest BCUT2D eigenvalue weighted by atomic mass is 9.85. The molecule has 11 heteroatoms. The third kappa shape index (κ3) is 8.23. The van der Waals surface area contributed by atoms with E-state index < -0.39 is 53.9 Å². The Hall–Kier alpha value is -3.54. The van der Waals surface area contributed by atoms with Crippen LogP contribution in [0.2, 0.25) is 0 Å². The standard InChI is InChI=1S/C29H40N2O9/c1-15-11-19-25(34)20(14-21(32)27(19)39-7)31-28(35)16(2)9-8-10-22(37-5)26(40-29(30)36)18(4)13-17(3)24(33)23(12-15)38-6/h8-10,13-15,17,22-24,26,33H,11-12H2,1-7H3,(H2,30,36)(H,31,35)/t15-,17+,22-,23-,24+,26-/m0/s1. The molecule has 2 amide bonds. The molecule has 11 nitrogen and oxygen atoms in total. The van der Waals surface area contributed by atoms with E-state index in [1.807, 2.05) is 6.92 Å². The zero-order valence-corrected chi connectivity index (χ0v) is 24.1. The number of amides is 2. The number of aliphatic hydroxyl groups excluding tert-OH is 1. The van der Waals surface area contributed by atoms with Crippen molar-refractivity contribution in [2.75, 3.05) is 21.3 Å². The second kappa shape index (κ2) is 14.7. The van der Waals surface area contributed by atoms with Gasteiger partial charge in [-0.25, -0.2) is 4.79 Å². The van der Waals surface area contributed by atoms with E-state index in [0.29, 0.717) is 12.0 Å². The van der Waals surface area contributed by atoms with Gasteiger partial charge >= 0.3 is 6.09 Å². The first-order chi connectivity index (χ1) is 18.8. The van der Waals surface area contributed by atoms with Gasteiger partial charge in [0.25, 0.3) is 5.91 Å². The molecule has 1 aliphatic carbocycles. The molecular formula is C29H40N2O9. The Morgan fingerprint density at radius 2 is 1.77 bits per heavy atom. The van der Waals surface area contributed by atoms with Gasteiger partial charge in [-0.1, -0.05) is 38.2 Å². The molecule has 0 saturated carbocycles. The number of ether oxygens (including phenoxy) is 4. The monoisotopic (exact) mass is 560 g/mol. The van der Waals surface area contributed by atoms with Gasteiger partial charge in [0, 0.05) is 37.4 Å². The summed E-state index contributed by atoms with van der Waals surface area (Å²) in [6, 6.07) is 0. The third-order valence-corrected chi connectivity index (χ3v) is 6.95. The molecular weight excluding hydrogens is 520 g/mol. The van der Waals surface area contributed by atoms with Gasteiger partial charge < -0.3 is 35.1 Å². The first kappa shape index (κ1) is 32.7. The highest BCUT2D eigenvalue weighted by molar-refractivity contribution is 6.23. The molecule has 4 N–H and O–H groups in total. The minimum Gasteiger partial charge on any atom is -0.492 e. The van der Waals surface area contributed by atoms with Crippen molar-refractivity contribution in [3.63, 3.8) is 0 Å². The number of carbonyl (C=O) groups excluding carboxylic acids is 4. The number of methoxy groups -OCH3 is 3. The average molecular weight is 561 g/mol. The quantitative estimate of drug-likeness (QED) is 0.346. The summed E-state index contributed by atoms with van der Waals surface area (Å²) in [6.07, 6.45) is 3.61. The summed E-state index contributed by atoms with van der Waals surface area (Å²) in [5.41, 5.74) is 6.12. The zero-order valence-electron chi connectivity index (χ0n) is 24.1. The van der Waals surface area contributed by atoms with Gasteiger partial charge in [0.15, 0.2) is 11.9 Å². The minimum atomic E-state index is -1.00. The molecule has 0 unspecified atom stereocenters. The smallest absolute Gasteiger partial charge is 0.405 e. The topological polar surface area (TPSA) is 163 Å². The first-order valence-corrected chi connectivity index (χ1v) is 13.0. The zero-order chi connectivity index (χ0) is 30.1. The molecule has 0 aromatic carbocycles. The molecule has 1 heterocycles. The summed E-state index contributed by atoms with van der Waals surface area (Å²) in [4.78, 5) is 50.6. The van der Waals surface area contributed by atoms with Crippen molar-refractivity contribution in [2.45, 2.75) is 65.0 Å². The fourth-order valence-electron chi connectivity index (χ4n) is 4.78. The fourth-order valence-corrected chi connectivity index (χ4v) is 4.78. The number of ketones is 2. The van der Waals surface area contributed by atoms with Crippen LogP contribution in [0.4, 0.5) is 4.79 Å². The highest BCUT2D eigenvalue weighted by atomic mass is 16.6. The highest BCUT2D eigenvalue weighted by Gasteiger charge is 2.34. The van der Waals surface area contributed by atoms with Crippen LogP contribution in [-0.2, 0) is 33.3 Å². The summed E-state index contributed by atoms with van der Waals surface area (Å²) in [5.74, 6) is -2.39. The number of rotatable bonds is 4. The van der Waals surface area contributed by atoms with E-state index in [4.69, 9.17) is 24.7 Å². The molecule has 2 rings (SSSR count). The summed E-state index contributed by atoms with van der Waals surface area (Å²) >= 11 is 0. The van der Waals surface area contributed by atoms with Gasteiger partial charge in [0.05, 0.1) is 25.0 Å². The van der Waals surface area contributed by atoms with Crippen LogP contribution >= 0.6 is 0 Å². The van der Waals surface area contributed by atoms with E-state index in [1.54, 1.807) is 32.1 Å². The Kier molecular flexibility index (Phi) is 12.0. The van der Waals surface area contributed by atoms with Crippen molar-refractivity contribution in [2.24, 2.45) is 17.6 Å². The predicted octanol–water partition coefficient (Wildman–Crippen LogP) is 2.41. The number of aliphatic hydroxyl groups is 1. The summed E-state index contributed by atoms with van der Waals surface area (Å²) < 4.78 is 21.7. The van der Waals surface area contributed by atoms with Crippen LogP contribution in [0.3, 0.4) is 0 Å². The van der Waals surface area contributed by atoms with Crippen molar-refractivity contribution >= 4 is 23.6 Å². The maximum Gasteiger partial charge on any atom is 0.405 e. The maximum absolute atomic E-state index is 13.3. The number of allylic oxidation sites excluding steroid dienone is 4. The molecule has 2 aliphatic rings. The molecule has 0 fully saturated rings. The number of hydrogen-bond acceptors (Lipinski definition) is 9. The Morgan fingerprint density at radius 3 is 2.35 bits per heavy atom. The molecule has 2 bridgehead atoms. The van der Waals surface area contributed by atoms with Crippen LogP contribution in [0, 0.1) is 11.8 Å². The summed E-state index contributed by atoms with van der Waals surface area (Å²) in [5, 5.41) is 13.7. The van der Waals surface area contributed by atoms with Crippen LogP contribution in [0.25, 0.3) is 0 Å². The number of nitrogens with one attached hydrogen (secondary N) is 1. The average Bonchev–Trinajstić information content (AvgIpc) is 2.90. The number of nitrogens with two attached hydrogens (primary N) is 1. The lowest BCUT2D eigenvalue weighted by molar-refractivity contribution is -0.120. The third-order valence-electron chi connectivity index (χ3n) is 6.95. The number of primary amides is 1. The van der Waals surface area contributed by atoms with Crippen LogP contribution in [0.5, 0.6) is 0 Å². The van der Waals surface area contributed by atoms with Crippen molar-refractivity contribution in [3.05, 3.63) is 58.6 Å².